The standard InChI is InChI=1S/C11H20N4/c1-10(7-15-8-12-13-9-15)14-11-5-3-2-4-6-11/h8-11,14H,2-7H2,1H3. The summed E-state index contributed by atoms with van der Waals surface area (Å²) in [5, 5.41) is 11.3. The molecule has 0 aromatic carbocycles. The van der Waals surface area contributed by atoms with Crippen LogP contribution in [0, 0.1) is 0 Å². The van der Waals surface area contributed by atoms with Crippen molar-refractivity contribution >= 4 is 0 Å². The third kappa shape index (κ3) is 3.30. The topological polar surface area (TPSA) is 42.7 Å². The molecule has 1 aromatic heterocycles. The van der Waals surface area contributed by atoms with E-state index in [1.165, 1.54) is 32.1 Å². The van der Waals surface area contributed by atoms with Crippen molar-refractivity contribution in [2.75, 3.05) is 0 Å². The summed E-state index contributed by atoms with van der Waals surface area (Å²) in [7, 11) is 0. The highest BCUT2D eigenvalue weighted by molar-refractivity contribution is 4.76. The van der Waals surface area contributed by atoms with Crippen LogP contribution in [0.3, 0.4) is 0 Å². The second-order valence-corrected chi connectivity index (χ2v) is 4.56. The zero-order chi connectivity index (χ0) is 10.5. The van der Waals surface area contributed by atoms with Crippen LogP contribution in [0.1, 0.15) is 39.0 Å². The van der Waals surface area contributed by atoms with E-state index in [4.69, 9.17) is 0 Å². The van der Waals surface area contributed by atoms with Gasteiger partial charge in [-0.15, -0.1) is 10.2 Å². The average molecular weight is 208 g/mol. The maximum atomic E-state index is 3.81. The predicted octanol–water partition coefficient (Wildman–Crippen LogP) is 1.59. The van der Waals surface area contributed by atoms with E-state index in [-0.39, 0.29) is 0 Å². The van der Waals surface area contributed by atoms with Crippen LogP contribution >= 0.6 is 0 Å². The van der Waals surface area contributed by atoms with E-state index in [2.05, 4.69) is 22.4 Å². The van der Waals surface area contributed by atoms with E-state index < -0.39 is 0 Å². The SMILES string of the molecule is CC(Cn1cnnc1)NC1CCCCC1. The molecule has 1 aliphatic carbocycles. The first-order chi connectivity index (χ1) is 7.34. The molecule has 0 spiro atoms. The molecule has 15 heavy (non-hydrogen) atoms. The molecule has 84 valence electrons. The molecule has 4 nitrogen and oxygen atoms in total. The van der Waals surface area contributed by atoms with E-state index in [0.29, 0.717) is 6.04 Å². The van der Waals surface area contributed by atoms with Crippen molar-refractivity contribution in [1.82, 2.24) is 20.1 Å². The molecule has 1 aromatic rings. The molecule has 0 saturated heterocycles. The van der Waals surface area contributed by atoms with Gasteiger partial charge in [0.25, 0.3) is 0 Å². The fourth-order valence-electron chi connectivity index (χ4n) is 2.36. The number of rotatable bonds is 4. The number of hydrogen-bond donors (Lipinski definition) is 1. The second kappa shape index (κ2) is 5.26. The lowest BCUT2D eigenvalue weighted by atomic mass is 9.95. The van der Waals surface area contributed by atoms with Crippen molar-refractivity contribution in [3.63, 3.8) is 0 Å². The normalized spacial score (nSPS) is 20.3. The fourth-order valence-corrected chi connectivity index (χ4v) is 2.36. The third-order valence-electron chi connectivity index (χ3n) is 3.08. The first kappa shape index (κ1) is 10.6. The minimum absolute atomic E-state index is 0.504. The summed E-state index contributed by atoms with van der Waals surface area (Å²) in [6.45, 7) is 3.19. The number of nitrogens with zero attached hydrogens (tertiary/aromatic N) is 3. The highest BCUT2D eigenvalue weighted by atomic mass is 15.2. The highest BCUT2D eigenvalue weighted by Gasteiger charge is 2.15. The molecular formula is C11H20N4. The van der Waals surface area contributed by atoms with Gasteiger partial charge in [0.05, 0.1) is 0 Å². The smallest absolute Gasteiger partial charge is 0.119 e. The van der Waals surface area contributed by atoms with Crippen LogP contribution in [0.25, 0.3) is 0 Å². The Kier molecular flexibility index (Phi) is 3.72. The van der Waals surface area contributed by atoms with Gasteiger partial charge in [-0.2, -0.15) is 0 Å². The van der Waals surface area contributed by atoms with Gasteiger partial charge in [-0.1, -0.05) is 19.3 Å². The quantitative estimate of drug-likeness (QED) is 0.817. The Balaban J connectivity index is 1.74. The molecular weight excluding hydrogens is 188 g/mol. The maximum absolute atomic E-state index is 3.81. The Morgan fingerprint density at radius 1 is 1.27 bits per heavy atom. The fraction of sp³-hybridized carbons (Fsp3) is 0.818. The monoisotopic (exact) mass is 208 g/mol. The highest BCUT2D eigenvalue weighted by Crippen LogP contribution is 2.17. The van der Waals surface area contributed by atoms with Gasteiger partial charge in [-0.25, -0.2) is 0 Å². The van der Waals surface area contributed by atoms with Gasteiger partial charge in [-0.05, 0) is 19.8 Å². The first-order valence-corrected chi connectivity index (χ1v) is 5.93. The molecule has 0 radical (unpaired) electrons. The number of aromatic nitrogens is 3. The van der Waals surface area contributed by atoms with Crippen LogP contribution in [-0.4, -0.2) is 26.8 Å². The largest absolute Gasteiger partial charge is 0.319 e. The summed E-state index contributed by atoms with van der Waals surface area (Å²) in [6, 6.07) is 1.23. The van der Waals surface area contributed by atoms with Gasteiger partial charge >= 0.3 is 0 Å². The summed E-state index contributed by atoms with van der Waals surface area (Å²) in [5.74, 6) is 0. The molecule has 1 N–H and O–H groups in total. The van der Waals surface area contributed by atoms with Crippen LogP contribution in [0.5, 0.6) is 0 Å². The molecule has 1 atom stereocenters. The zero-order valence-corrected chi connectivity index (χ0v) is 9.39. The molecule has 0 bridgehead atoms. The van der Waals surface area contributed by atoms with Crippen LogP contribution in [-0.2, 0) is 6.54 Å². The molecule has 1 heterocycles. The summed E-state index contributed by atoms with van der Waals surface area (Å²) in [6.07, 6.45) is 10.4. The predicted molar refractivity (Wildman–Crippen MR) is 59.5 cm³/mol. The van der Waals surface area contributed by atoms with E-state index in [0.717, 1.165) is 12.6 Å². The van der Waals surface area contributed by atoms with Crippen LogP contribution in [0.15, 0.2) is 12.7 Å². The third-order valence-corrected chi connectivity index (χ3v) is 3.08. The van der Waals surface area contributed by atoms with Gasteiger partial charge in [0, 0.05) is 18.6 Å². The molecule has 1 fully saturated rings. The van der Waals surface area contributed by atoms with Crippen molar-refractivity contribution < 1.29 is 0 Å². The minimum atomic E-state index is 0.504. The lowest BCUT2D eigenvalue weighted by molar-refractivity contribution is 0.328. The first-order valence-electron chi connectivity index (χ1n) is 5.93. The summed E-state index contributed by atoms with van der Waals surface area (Å²) in [4.78, 5) is 0. The molecule has 1 unspecified atom stereocenters. The molecule has 0 aliphatic heterocycles. The van der Waals surface area contributed by atoms with Crippen LogP contribution < -0.4 is 5.32 Å². The van der Waals surface area contributed by atoms with Crippen molar-refractivity contribution in [3.8, 4) is 0 Å². The lowest BCUT2D eigenvalue weighted by Crippen LogP contribution is -2.39. The average Bonchev–Trinajstić information content (AvgIpc) is 2.71. The van der Waals surface area contributed by atoms with Crippen molar-refractivity contribution in [1.29, 1.82) is 0 Å². The van der Waals surface area contributed by atoms with Crippen LogP contribution in [0.4, 0.5) is 0 Å². The van der Waals surface area contributed by atoms with Crippen molar-refractivity contribution in [2.24, 2.45) is 0 Å². The Hall–Kier alpha value is -0.900. The summed E-state index contributed by atoms with van der Waals surface area (Å²) in [5.41, 5.74) is 0. The zero-order valence-electron chi connectivity index (χ0n) is 9.39. The van der Waals surface area contributed by atoms with Gasteiger partial charge in [-0.3, -0.25) is 0 Å². The van der Waals surface area contributed by atoms with Gasteiger partial charge in [0.1, 0.15) is 12.7 Å². The second-order valence-electron chi connectivity index (χ2n) is 4.56. The van der Waals surface area contributed by atoms with Gasteiger partial charge in [0.2, 0.25) is 0 Å². The Bertz CT molecular complexity index is 264. The van der Waals surface area contributed by atoms with Gasteiger partial charge < -0.3 is 9.88 Å². The number of hydrogen-bond acceptors (Lipinski definition) is 3. The van der Waals surface area contributed by atoms with E-state index in [9.17, 15) is 0 Å². The Labute approximate surface area is 91.1 Å². The van der Waals surface area contributed by atoms with Crippen LogP contribution in [0.2, 0.25) is 0 Å². The summed E-state index contributed by atoms with van der Waals surface area (Å²) >= 11 is 0. The maximum Gasteiger partial charge on any atom is 0.119 e. The molecule has 4 heteroatoms. The number of nitrogens with one attached hydrogen (secondary N) is 1. The molecule has 0 amide bonds. The van der Waals surface area contributed by atoms with E-state index in [1.807, 2.05) is 4.57 Å². The van der Waals surface area contributed by atoms with Crippen molar-refractivity contribution in [2.45, 2.75) is 57.7 Å². The summed E-state index contributed by atoms with van der Waals surface area (Å²) < 4.78 is 2.03. The van der Waals surface area contributed by atoms with Gasteiger partial charge in [0.15, 0.2) is 0 Å². The van der Waals surface area contributed by atoms with E-state index >= 15 is 0 Å². The molecule has 2 rings (SSSR count). The molecule has 1 saturated carbocycles. The Morgan fingerprint density at radius 2 is 1.93 bits per heavy atom. The minimum Gasteiger partial charge on any atom is -0.319 e. The lowest BCUT2D eigenvalue weighted by Gasteiger charge is -2.26. The Morgan fingerprint density at radius 3 is 2.60 bits per heavy atom. The van der Waals surface area contributed by atoms with Crippen molar-refractivity contribution in [3.05, 3.63) is 12.7 Å². The van der Waals surface area contributed by atoms with E-state index in [1.54, 1.807) is 12.7 Å². The molecule has 1 aliphatic rings.